The zero-order valence-corrected chi connectivity index (χ0v) is 11.8. The number of rotatable bonds is 2. The summed E-state index contributed by atoms with van der Waals surface area (Å²) in [6, 6.07) is 5.37. The number of phenols is 1. The Balaban J connectivity index is 1.98. The van der Waals surface area contributed by atoms with Crippen LogP contribution in [0.25, 0.3) is 0 Å². The van der Waals surface area contributed by atoms with Crippen LogP contribution in [0, 0.1) is 12.8 Å². The summed E-state index contributed by atoms with van der Waals surface area (Å²) in [6.45, 7) is 4.10. The predicted molar refractivity (Wildman–Crippen MR) is 76.3 cm³/mol. The maximum absolute atomic E-state index is 12.1. The lowest BCUT2D eigenvalue weighted by Gasteiger charge is -2.16. The fourth-order valence-corrected chi connectivity index (χ4v) is 2.65. The van der Waals surface area contributed by atoms with E-state index in [1.807, 2.05) is 6.92 Å². The Labute approximate surface area is 115 Å². The number of benzene rings is 1. The second kappa shape index (κ2) is 6.09. The zero-order valence-electron chi connectivity index (χ0n) is 11.8. The van der Waals surface area contributed by atoms with Gasteiger partial charge in [0.25, 0.3) is 5.91 Å². The molecule has 104 valence electrons. The Morgan fingerprint density at radius 2 is 2.05 bits per heavy atom. The summed E-state index contributed by atoms with van der Waals surface area (Å²) in [7, 11) is 0. The van der Waals surface area contributed by atoms with Crippen molar-refractivity contribution >= 4 is 5.91 Å². The van der Waals surface area contributed by atoms with Gasteiger partial charge in [0.15, 0.2) is 0 Å². The van der Waals surface area contributed by atoms with Gasteiger partial charge in [0.1, 0.15) is 5.75 Å². The van der Waals surface area contributed by atoms with Crippen LogP contribution in [0.4, 0.5) is 0 Å². The highest BCUT2D eigenvalue weighted by atomic mass is 16.3. The molecule has 1 saturated carbocycles. The SMILES string of the molecule is Cc1ccc(C(=O)NC2CCCC(C)CC2)cc1O. The summed E-state index contributed by atoms with van der Waals surface area (Å²) in [5, 5.41) is 12.7. The summed E-state index contributed by atoms with van der Waals surface area (Å²) in [5.41, 5.74) is 1.33. The average molecular weight is 261 g/mol. The van der Waals surface area contributed by atoms with Gasteiger partial charge in [-0.15, -0.1) is 0 Å². The smallest absolute Gasteiger partial charge is 0.251 e. The van der Waals surface area contributed by atoms with Crippen molar-refractivity contribution in [2.45, 2.75) is 52.0 Å². The predicted octanol–water partition coefficient (Wildman–Crippen LogP) is 3.40. The molecule has 1 aliphatic rings. The third-order valence-corrected chi connectivity index (χ3v) is 4.06. The maximum atomic E-state index is 12.1. The molecule has 2 atom stereocenters. The van der Waals surface area contributed by atoms with E-state index in [9.17, 15) is 9.90 Å². The molecule has 2 N–H and O–H groups in total. The Morgan fingerprint density at radius 1 is 1.26 bits per heavy atom. The first-order valence-corrected chi connectivity index (χ1v) is 7.16. The molecule has 1 fully saturated rings. The van der Waals surface area contributed by atoms with E-state index in [1.54, 1.807) is 18.2 Å². The van der Waals surface area contributed by atoms with Gasteiger partial charge in [0.05, 0.1) is 0 Å². The van der Waals surface area contributed by atoms with Crippen LogP contribution in [0.5, 0.6) is 5.75 Å². The van der Waals surface area contributed by atoms with E-state index in [1.165, 1.54) is 19.3 Å². The lowest BCUT2D eigenvalue weighted by atomic mass is 10.0. The number of phenolic OH excluding ortho intramolecular Hbond substituents is 1. The fraction of sp³-hybridized carbons (Fsp3) is 0.562. The quantitative estimate of drug-likeness (QED) is 0.802. The molecule has 3 nitrogen and oxygen atoms in total. The van der Waals surface area contributed by atoms with Gasteiger partial charge >= 0.3 is 0 Å². The van der Waals surface area contributed by atoms with Crippen LogP contribution in [-0.2, 0) is 0 Å². The molecule has 0 heterocycles. The fourth-order valence-electron chi connectivity index (χ4n) is 2.65. The molecule has 1 amide bonds. The lowest BCUT2D eigenvalue weighted by Crippen LogP contribution is -2.34. The van der Waals surface area contributed by atoms with E-state index < -0.39 is 0 Å². The molecule has 0 bridgehead atoms. The van der Waals surface area contributed by atoms with Gasteiger partial charge in [-0.05, 0) is 49.8 Å². The van der Waals surface area contributed by atoms with Crippen molar-refractivity contribution in [2.75, 3.05) is 0 Å². The number of aromatic hydroxyl groups is 1. The minimum atomic E-state index is -0.0742. The number of carbonyl (C=O) groups excluding carboxylic acids is 1. The van der Waals surface area contributed by atoms with Gasteiger partial charge in [0, 0.05) is 11.6 Å². The number of hydrogen-bond donors (Lipinski definition) is 2. The van der Waals surface area contributed by atoms with E-state index in [4.69, 9.17) is 0 Å². The van der Waals surface area contributed by atoms with Crippen molar-refractivity contribution < 1.29 is 9.90 Å². The molecule has 1 aromatic carbocycles. The summed E-state index contributed by atoms with van der Waals surface area (Å²) in [5.74, 6) is 0.877. The topological polar surface area (TPSA) is 49.3 Å². The molecular weight excluding hydrogens is 238 g/mol. The summed E-state index contributed by atoms with van der Waals surface area (Å²) >= 11 is 0. The lowest BCUT2D eigenvalue weighted by molar-refractivity contribution is 0.0932. The largest absolute Gasteiger partial charge is 0.508 e. The van der Waals surface area contributed by atoms with Gasteiger partial charge in [0.2, 0.25) is 0 Å². The zero-order chi connectivity index (χ0) is 13.8. The molecule has 2 rings (SSSR count). The van der Waals surface area contributed by atoms with E-state index >= 15 is 0 Å². The Kier molecular flexibility index (Phi) is 4.46. The molecule has 2 unspecified atom stereocenters. The number of nitrogens with one attached hydrogen (secondary N) is 1. The molecule has 0 radical (unpaired) electrons. The number of amides is 1. The van der Waals surface area contributed by atoms with Crippen molar-refractivity contribution in [3.8, 4) is 5.75 Å². The number of hydrogen-bond acceptors (Lipinski definition) is 2. The highest BCUT2D eigenvalue weighted by Gasteiger charge is 2.18. The minimum absolute atomic E-state index is 0.0742. The second-order valence-corrected chi connectivity index (χ2v) is 5.79. The molecular formula is C16H23NO2. The van der Waals surface area contributed by atoms with E-state index in [-0.39, 0.29) is 17.7 Å². The van der Waals surface area contributed by atoms with E-state index in [0.717, 1.165) is 24.3 Å². The summed E-state index contributed by atoms with van der Waals surface area (Å²) in [6.07, 6.45) is 5.76. The second-order valence-electron chi connectivity index (χ2n) is 5.79. The Morgan fingerprint density at radius 3 is 2.79 bits per heavy atom. The van der Waals surface area contributed by atoms with Crippen molar-refractivity contribution in [2.24, 2.45) is 5.92 Å². The molecule has 0 saturated heterocycles. The summed E-state index contributed by atoms with van der Waals surface area (Å²) in [4.78, 5) is 12.1. The first-order valence-electron chi connectivity index (χ1n) is 7.16. The standard InChI is InChI=1S/C16H23NO2/c1-11-4-3-5-14(9-6-11)17-16(19)13-8-7-12(2)15(18)10-13/h7-8,10-11,14,18H,3-6,9H2,1-2H3,(H,17,19). The first-order chi connectivity index (χ1) is 9.06. The maximum Gasteiger partial charge on any atom is 0.251 e. The van der Waals surface area contributed by atoms with Gasteiger partial charge in [-0.2, -0.15) is 0 Å². The van der Waals surface area contributed by atoms with Crippen LogP contribution < -0.4 is 5.32 Å². The monoisotopic (exact) mass is 261 g/mol. The average Bonchev–Trinajstić information content (AvgIpc) is 2.58. The number of aryl methyl sites for hydroxylation is 1. The normalized spacial score (nSPS) is 23.7. The van der Waals surface area contributed by atoms with Gasteiger partial charge < -0.3 is 10.4 Å². The molecule has 19 heavy (non-hydrogen) atoms. The van der Waals surface area contributed by atoms with Crippen LogP contribution in [0.3, 0.4) is 0 Å². The molecule has 0 spiro atoms. The van der Waals surface area contributed by atoms with Crippen LogP contribution in [0.2, 0.25) is 0 Å². The van der Waals surface area contributed by atoms with Crippen molar-refractivity contribution in [3.63, 3.8) is 0 Å². The third-order valence-electron chi connectivity index (χ3n) is 4.06. The van der Waals surface area contributed by atoms with Gasteiger partial charge in [-0.1, -0.05) is 25.8 Å². The molecule has 1 aliphatic carbocycles. The van der Waals surface area contributed by atoms with Crippen LogP contribution >= 0.6 is 0 Å². The highest BCUT2D eigenvalue weighted by molar-refractivity contribution is 5.94. The van der Waals surface area contributed by atoms with Crippen LogP contribution in [0.1, 0.15) is 54.9 Å². The molecule has 0 aromatic heterocycles. The van der Waals surface area contributed by atoms with Crippen LogP contribution in [0.15, 0.2) is 18.2 Å². The van der Waals surface area contributed by atoms with Crippen LogP contribution in [-0.4, -0.2) is 17.1 Å². The highest BCUT2D eigenvalue weighted by Crippen LogP contribution is 2.23. The van der Waals surface area contributed by atoms with Crippen molar-refractivity contribution in [1.82, 2.24) is 5.32 Å². The van der Waals surface area contributed by atoms with Gasteiger partial charge in [-0.3, -0.25) is 4.79 Å². The Hall–Kier alpha value is -1.51. The molecule has 3 heteroatoms. The third kappa shape index (κ3) is 3.72. The molecule has 1 aromatic rings. The van der Waals surface area contributed by atoms with E-state index in [0.29, 0.717) is 5.56 Å². The van der Waals surface area contributed by atoms with Gasteiger partial charge in [-0.25, -0.2) is 0 Å². The number of carbonyl (C=O) groups is 1. The molecule has 0 aliphatic heterocycles. The van der Waals surface area contributed by atoms with Crippen molar-refractivity contribution in [3.05, 3.63) is 29.3 Å². The minimum Gasteiger partial charge on any atom is -0.508 e. The Bertz CT molecular complexity index is 456. The van der Waals surface area contributed by atoms with Crippen molar-refractivity contribution in [1.29, 1.82) is 0 Å². The van der Waals surface area contributed by atoms with E-state index in [2.05, 4.69) is 12.2 Å². The summed E-state index contributed by atoms with van der Waals surface area (Å²) < 4.78 is 0. The first kappa shape index (κ1) is 13.9.